The van der Waals surface area contributed by atoms with Gasteiger partial charge >= 0.3 is 5.69 Å². The van der Waals surface area contributed by atoms with Gasteiger partial charge in [0.25, 0.3) is 15.9 Å². The van der Waals surface area contributed by atoms with Crippen molar-refractivity contribution in [3.8, 4) is 0 Å². The molecule has 1 fully saturated rings. The summed E-state index contributed by atoms with van der Waals surface area (Å²) in [4.78, 5) is 29.2. The first kappa shape index (κ1) is 23.1. The summed E-state index contributed by atoms with van der Waals surface area (Å²) in [6.45, 7) is 1.02. The number of benzene rings is 2. The molecule has 0 unspecified atom stereocenters. The molecule has 4 rings (SSSR count). The third kappa shape index (κ3) is 5.82. The van der Waals surface area contributed by atoms with Gasteiger partial charge in [0.15, 0.2) is 0 Å². The van der Waals surface area contributed by atoms with Crippen molar-refractivity contribution in [3.05, 3.63) is 58.5 Å². The maximum atomic E-state index is 12.9. The highest BCUT2D eigenvalue weighted by Crippen LogP contribution is 2.22. The van der Waals surface area contributed by atoms with Gasteiger partial charge in [0.05, 0.1) is 33.3 Å². The van der Waals surface area contributed by atoms with Gasteiger partial charge in [-0.25, -0.2) is 13.2 Å². The topological polar surface area (TPSA) is 133 Å². The summed E-state index contributed by atoms with van der Waals surface area (Å²) in [7, 11) is -3.98. The van der Waals surface area contributed by atoms with Crippen molar-refractivity contribution in [2.24, 2.45) is 0 Å². The number of hydrogen-bond donors (Lipinski definition) is 4. The van der Waals surface area contributed by atoms with E-state index in [-0.39, 0.29) is 22.1 Å². The fourth-order valence-electron chi connectivity index (χ4n) is 4.00. The van der Waals surface area contributed by atoms with E-state index in [4.69, 9.17) is 4.74 Å². The predicted octanol–water partition coefficient (Wildman–Crippen LogP) is 3.13. The molecule has 176 valence electrons. The summed E-state index contributed by atoms with van der Waals surface area (Å²) in [6.07, 6.45) is 6.92. The van der Waals surface area contributed by atoms with Crippen molar-refractivity contribution >= 4 is 32.7 Å². The highest BCUT2D eigenvalue weighted by Gasteiger charge is 2.19. The number of aromatic nitrogens is 2. The van der Waals surface area contributed by atoms with Crippen LogP contribution in [0.3, 0.4) is 0 Å². The number of anilines is 1. The van der Waals surface area contributed by atoms with E-state index in [2.05, 4.69) is 20.0 Å². The summed E-state index contributed by atoms with van der Waals surface area (Å²) >= 11 is 0. The van der Waals surface area contributed by atoms with Gasteiger partial charge in [0.2, 0.25) is 0 Å². The van der Waals surface area contributed by atoms with E-state index in [0.29, 0.717) is 36.7 Å². The molecule has 0 aliphatic heterocycles. The van der Waals surface area contributed by atoms with Crippen LogP contribution in [0.25, 0.3) is 11.0 Å². The molecule has 0 atom stereocenters. The molecule has 0 bridgehead atoms. The molecule has 1 heterocycles. The van der Waals surface area contributed by atoms with Crippen LogP contribution >= 0.6 is 0 Å². The molecule has 0 radical (unpaired) electrons. The molecule has 1 aromatic heterocycles. The number of nitrogens with one attached hydrogen (secondary N) is 4. The van der Waals surface area contributed by atoms with Gasteiger partial charge in [-0.15, -0.1) is 0 Å². The summed E-state index contributed by atoms with van der Waals surface area (Å²) in [5, 5.41) is 2.83. The minimum Gasteiger partial charge on any atom is -0.378 e. The van der Waals surface area contributed by atoms with Gasteiger partial charge in [0, 0.05) is 13.2 Å². The van der Waals surface area contributed by atoms with Crippen LogP contribution < -0.4 is 15.7 Å². The second-order valence-corrected chi connectivity index (χ2v) is 9.86. The fraction of sp³-hybridized carbons (Fsp3) is 0.391. The van der Waals surface area contributed by atoms with Crippen molar-refractivity contribution < 1.29 is 17.9 Å². The van der Waals surface area contributed by atoms with Gasteiger partial charge in [-0.2, -0.15) is 0 Å². The quantitative estimate of drug-likeness (QED) is 0.355. The number of hydrogen-bond acceptors (Lipinski definition) is 5. The molecule has 0 spiro atoms. The monoisotopic (exact) mass is 472 g/mol. The highest BCUT2D eigenvalue weighted by atomic mass is 32.2. The van der Waals surface area contributed by atoms with Crippen LogP contribution in [0.2, 0.25) is 0 Å². The maximum Gasteiger partial charge on any atom is 0.323 e. The van der Waals surface area contributed by atoms with E-state index in [1.54, 1.807) is 18.2 Å². The number of fused-ring (bicyclic) bond motifs is 1. The second kappa shape index (κ2) is 10.2. The van der Waals surface area contributed by atoms with Crippen molar-refractivity contribution in [1.82, 2.24) is 15.3 Å². The summed E-state index contributed by atoms with van der Waals surface area (Å²) in [6, 6.07) is 10.7. The zero-order valence-electron chi connectivity index (χ0n) is 18.2. The summed E-state index contributed by atoms with van der Waals surface area (Å²) in [5.74, 6) is -0.364. The van der Waals surface area contributed by atoms with Crippen LogP contribution in [0.1, 0.15) is 48.9 Å². The SMILES string of the molecule is O=C(NCCCOC1CCCCC1)c1ccccc1NS(=O)(=O)c1ccc2[nH]c(=O)[nH]c2c1. The number of sulfonamides is 1. The number of aromatic amines is 2. The van der Waals surface area contributed by atoms with Gasteiger partial charge in [-0.05, 0) is 49.6 Å². The van der Waals surface area contributed by atoms with Crippen LogP contribution in [-0.4, -0.2) is 43.5 Å². The lowest BCUT2D eigenvalue weighted by molar-refractivity contribution is 0.0273. The third-order valence-electron chi connectivity index (χ3n) is 5.73. The van der Waals surface area contributed by atoms with Crippen LogP contribution in [0, 0.1) is 0 Å². The molecule has 3 aromatic rings. The maximum absolute atomic E-state index is 12.9. The Bertz CT molecular complexity index is 1280. The molecule has 1 aliphatic rings. The normalized spacial score (nSPS) is 14.9. The molecule has 9 nitrogen and oxygen atoms in total. The Balaban J connectivity index is 1.37. The standard InChI is InChI=1S/C23H28N4O5S/c28-22(24-13-6-14-32-16-7-2-1-3-8-16)18-9-4-5-10-19(18)27-33(30,31)17-11-12-20-21(15-17)26-23(29)25-20/h4-5,9-12,15-16,27H,1-3,6-8,13-14H2,(H,24,28)(H2,25,26,29). The first-order chi connectivity index (χ1) is 15.9. The molecule has 0 saturated heterocycles. The van der Waals surface area contributed by atoms with Crippen LogP contribution in [0.5, 0.6) is 0 Å². The van der Waals surface area contributed by atoms with E-state index < -0.39 is 15.7 Å². The number of H-pyrrole nitrogens is 2. The van der Waals surface area contributed by atoms with Crippen molar-refractivity contribution in [2.75, 3.05) is 17.9 Å². The zero-order chi connectivity index (χ0) is 23.3. The lowest BCUT2D eigenvalue weighted by Gasteiger charge is -2.22. The van der Waals surface area contributed by atoms with E-state index >= 15 is 0 Å². The largest absolute Gasteiger partial charge is 0.378 e. The molecule has 33 heavy (non-hydrogen) atoms. The number of para-hydroxylation sites is 1. The minimum atomic E-state index is -3.98. The first-order valence-corrected chi connectivity index (χ1v) is 12.6. The Hall–Kier alpha value is -3.11. The minimum absolute atomic E-state index is 0.0275. The average molecular weight is 473 g/mol. The molecular formula is C23H28N4O5S. The van der Waals surface area contributed by atoms with Crippen molar-refractivity contribution in [3.63, 3.8) is 0 Å². The number of ether oxygens (including phenoxy) is 1. The van der Waals surface area contributed by atoms with E-state index in [0.717, 1.165) is 12.8 Å². The van der Waals surface area contributed by atoms with Crippen LogP contribution in [0.4, 0.5) is 5.69 Å². The molecule has 2 aromatic carbocycles. The first-order valence-electron chi connectivity index (χ1n) is 11.2. The fourth-order valence-corrected chi connectivity index (χ4v) is 5.11. The highest BCUT2D eigenvalue weighted by molar-refractivity contribution is 7.92. The second-order valence-electron chi connectivity index (χ2n) is 8.18. The lowest BCUT2D eigenvalue weighted by Crippen LogP contribution is -2.27. The Morgan fingerprint density at radius 2 is 1.79 bits per heavy atom. The zero-order valence-corrected chi connectivity index (χ0v) is 19.0. The molecule has 10 heteroatoms. The number of carbonyl (C=O) groups excluding carboxylic acids is 1. The molecule has 1 saturated carbocycles. The molecule has 1 aliphatic carbocycles. The number of rotatable bonds is 9. The van der Waals surface area contributed by atoms with Crippen molar-refractivity contribution in [1.29, 1.82) is 0 Å². The molecule has 1 amide bonds. The molecular weight excluding hydrogens is 444 g/mol. The van der Waals surface area contributed by atoms with Gasteiger partial charge in [-0.1, -0.05) is 31.4 Å². The summed E-state index contributed by atoms with van der Waals surface area (Å²) in [5.41, 5.74) is 0.871. The van der Waals surface area contributed by atoms with Gasteiger partial charge < -0.3 is 20.0 Å². The van der Waals surface area contributed by atoms with Crippen molar-refractivity contribution in [2.45, 2.75) is 49.5 Å². The Morgan fingerprint density at radius 3 is 2.61 bits per heavy atom. The smallest absolute Gasteiger partial charge is 0.323 e. The average Bonchev–Trinajstić information content (AvgIpc) is 3.19. The Labute approximate surface area is 192 Å². The van der Waals surface area contributed by atoms with Crippen LogP contribution in [0.15, 0.2) is 52.2 Å². The van der Waals surface area contributed by atoms with E-state index in [1.807, 2.05) is 0 Å². The summed E-state index contributed by atoms with van der Waals surface area (Å²) < 4.78 is 34.2. The number of imidazole rings is 1. The lowest BCUT2D eigenvalue weighted by atomic mass is 9.98. The van der Waals surface area contributed by atoms with Gasteiger partial charge in [0.1, 0.15) is 0 Å². The third-order valence-corrected chi connectivity index (χ3v) is 7.09. The predicted molar refractivity (Wildman–Crippen MR) is 126 cm³/mol. The number of amides is 1. The Kier molecular flexibility index (Phi) is 7.14. The van der Waals surface area contributed by atoms with E-state index in [9.17, 15) is 18.0 Å². The Morgan fingerprint density at radius 1 is 1.03 bits per heavy atom. The number of carbonyl (C=O) groups is 1. The van der Waals surface area contributed by atoms with Gasteiger partial charge in [-0.3, -0.25) is 9.52 Å². The molecule has 4 N–H and O–H groups in total. The van der Waals surface area contributed by atoms with E-state index in [1.165, 1.54) is 43.5 Å². The van der Waals surface area contributed by atoms with Crippen LogP contribution in [-0.2, 0) is 14.8 Å².